The first-order valence-electron chi connectivity index (χ1n) is 5.39. The monoisotopic (exact) mass is 319 g/mol. The zero-order chi connectivity index (χ0) is 14.2. The second kappa shape index (κ2) is 5.49. The van der Waals surface area contributed by atoms with Crippen LogP contribution in [-0.4, -0.2) is 22.9 Å². The van der Waals surface area contributed by atoms with Gasteiger partial charge in [0.1, 0.15) is 0 Å². The Morgan fingerprint density at radius 1 is 1.26 bits per heavy atom. The number of halogens is 3. The summed E-state index contributed by atoms with van der Waals surface area (Å²) in [5.74, 6) is -0.759. The maximum atomic E-state index is 11.8. The summed E-state index contributed by atoms with van der Waals surface area (Å²) < 4.78 is 0. The number of amides is 1. The molecule has 0 aromatic heterocycles. The highest BCUT2D eigenvalue weighted by atomic mass is 35.5. The maximum absolute atomic E-state index is 11.8. The van der Waals surface area contributed by atoms with Gasteiger partial charge in [0.25, 0.3) is 5.24 Å². The highest BCUT2D eigenvalue weighted by Crippen LogP contribution is 2.32. The number of nitrogens with zero attached hydrogens (tertiary/aromatic N) is 1. The Morgan fingerprint density at radius 3 is 2.42 bits per heavy atom. The first-order valence-corrected chi connectivity index (χ1v) is 6.52. The van der Waals surface area contributed by atoms with E-state index in [1.807, 2.05) is 0 Å². The SMILES string of the molecule is O=C(Cl)c1ccc(N2C[C@@H](C(=O)Cl)CC2=O)c(Cl)c1. The molecule has 1 atom stereocenters. The van der Waals surface area contributed by atoms with E-state index in [-0.39, 0.29) is 29.5 Å². The van der Waals surface area contributed by atoms with E-state index in [0.29, 0.717) is 5.69 Å². The molecule has 1 aromatic rings. The van der Waals surface area contributed by atoms with Crippen molar-refractivity contribution in [2.75, 3.05) is 11.4 Å². The van der Waals surface area contributed by atoms with E-state index >= 15 is 0 Å². The molecule has 19 heavy (non-hydrogen) atoms. The Morgan fingerprint density at radius 2 is 1.95 bits per heavy atom. The number of carbonyl (C=O) groups excluding carboxylic acids is 3. The molecule has 0 radical (unpaired) electrons. The van der Waals surface area contributed by atoms with E-state index in [0.717, 1.165) is 0 Å². The topological polar surface area (TPSA) is 54.5 Å². The van der Waals surface area contributed by atoms with Crippen molar-refractivity contribution in [2.24, 2.45) is 5.92 Å². The van der Waals surface area contributed by atoms with E-state index in [2.05, 4.69) is 0 Å². The molecular formula is C12H8Cl3NO3. The number of anilines is 1. The number of carbonyl (C=O) groups is 3. The predicted octanol–water partition coefficient (Wildman–Crippen LogP) is 2.84. The lowest BCUT2D eigenvalue weighted by atomic mass is 10.1. The van der Waals surface area contributed by atoms with Crippen LogP contribution in [0.15, 0.2) is 18.2 Å². The fourth-order valence-electron chi connectivity index (χ4n) is 1.94. The van der Waals surface area contributed by atoms with E-state index in [1.165, 1.54) is 23.1 Å². The molecule has 1 fully saturated rings. The van der Waals surface area contributed by atoms with E-state index < -0.39 is 16.4 Å². The number of hydrogen-bond donors (Lipinski definition) is 0. The van der Waals surface area contributed by atoms with Gasteiger partial charge in [0.15, 0.2) is 0 Å². The van der Waals surface area contributed by atoms with Crippen molar-refractivity contribution in [3.8, 4) is 0 Å². The van der Waals surface area contributed by atoms with Gasteiger partial charge in [-0.25, -0.2) is 0 Å². The third kappa shape index (κ3) is 2.91. The van der Waals surface area contributed by atoms with Crippen molar-refractivity contribution in [3.63, 3.8) is 0 Å². The van der Waals surface area contributed by atoms with Gasteiger partial charge in [-0.2, -0.15) is 0 Å². The molecule has 0 spiro atoms. The third-order valence-corrected chi connectivity index (χ3v) is 3.74. The number of benzene rings is 1. The second-order valence-electron chi connectivity index (χ2n) is 4.15. The van der Waals surface area contributed by atoms with Gasteiger partial charge in [-0.05, 0) is 41.4 Å². The summed E-state index contributed by atoms with van der Waals surface area (Å²) in [4.78, 5) is 35.3. The molecule has 0 unspecified atom stereocenters. The summed E-state index contributed by atoms with van der Waals surface area (Å²) >= 11 is 16.8. The molecule has 4 nitrogen and oxygen atoms in total. The Bertz CT molecular complexity index is 573. The Hall–Kier alpha value is -1.10. The van der Waals surface area contributed by atoms with Gasteiger partial charge in [-0.1, -0.05) is 11.6 Å². The average Bonchev–Trinajstić information content (AvgIpc) is 2.71. The molecule has 7 heteroatoms. The average molecular weight is 321 g/mol. The van der Waals surface area contributed by atoms with Crippen molar-refractivity contribution in [1.29, 1.82) is 0 Å². The van der Waals surface area contributed by atoms with Crippen molar-refractivity contribution in [2.45, 2.75) is 6.42 Å². The van der Waals surface area contributed by atoms with Crippen LogP contribution in [0.5, 0.6) is 0 Å². The van der Waals surface area contributed by atoms with Crippen LogP contribution in [0, 0.1) is 5.92 Å². The summed E-state index contributed by atoms with van der Waals surface area (Å²) in [6.07, 6.45) is 0.0643. The van der Waals surface area contributed by atoms with Gasteiger partial charge in [0, 0.05) is 18.5 Å². The molecule has 0 saturated carbocycles. The van der Waals surface area contributed by atoms with Crippen LogP contribution >= 0.6 is 34.8 Å². The molecule has 2 rings (SSSR count). The van der Waals surface area contributed by atoms with Crippen LogP contribution in [0.4, 0.5) is 5.69 Å². The first kappa shape index (κ1) is 14.3. The molecule has 1 aromatic carbocycles. The molecular weight excluding hydrogens is 312 g/mol. The smallest absolute Gasteiger partial charge is 0.252 e. The van der Waals surface area contributed by atoms with Crippen molar-refractivity contribution >= 4 is 56.9 Å². The van der Waals surface area contributed by atoms with Crippen LogP contribution in [0.3, 0.4) is 0 Å². The van der Waals surface area contributed by atoms with Crippen molar-refractivity contribution < 1.29 is 14.4 Å². The Labute approximate surface area is 124 Å². The fourth-order valence-corrected chi connectivity index (χ4v) is 2.49. The fraction of sp³-hybridized carbons (Fsp3) is 0.250. The highest BCUT2D eigenvalue weighted by molar-refractivity contribution is 6.67. The molecule has 1 saturated heterocycles. The lowest BCUT2D eigenvalue weighted by Crippen LogP contribution is -2.25. The van der Waals surface area contributed by atoms with Crippen LogP contribution < -0.4 is 4.90 Å². The predicted molar refractivity (Wildman–Crippen MR) is 73.0 cm³/mol. The highest BCUT2D eigenvalue weighted by Gasteiger charge is 2.35. The Balaban J connectivity index is 2.30. The molecule has 1 amide bonds. The number of hydrogen-bond acceptors (Lipinski definition) is 3. The third-order valence-electron chi connectivity index (χ3n) is 2.91. The normalized spacial score (nSPS) is 18.8. The lowest BCUT2D eigenvalue weighted by molar-refractivity contribution is -0.120. The summed E-state index contributed by atoms with van der Waals surface area (Å²) in [5.41, 5.74) is 0.681. The largest absolute Gasteiger partial charge is 0.310 e. The minimum atomic E-state index is -0.630. The summed E-state index contributed by atoms with van der Waals surface area (Å²) in [5, 5.41) is -0.947. The van der Waals surface area contributed by atoms with E-state index in [9.17, 15) is 14.4 Å². The maximum Gasteiger partial charge on any atom is 0.252 e. The van der Waals surface area contributed by atoms with Crippen LogP contribution in [0.25, 0.3) is 0 Å². The van der Waals surface area contributed by atoms with Crippen molar-refractivity contribution in [3.05, 3.63) is 28.8 Å². The second-order valence-corrected chi connectivity index (χ2v) is 5.27. The van der Waals surface area contributed by atoms with Gasteiger partial charge in [-0.15, -0.1) is 0 Å². The van der Waals surface area contributed by atoms with Gasteiger partial charge >= 0.3 is 0 Å². The lowest BCUT2D eigenvalue weighted by Gasteiger charge is -2.18. The molecule has 0 N–H and O–H groups in total. The van der Waals surface area contributed by atoms with Crippen molar-refractivity contribution in [1.82, 2.24) is 0 Å². The van der Waals surface area contributed by atoms with Gasteiger partial charge < -0.3 is 4.90 Å². The molecule has 1 heterocycles. The van der Waals surface area contributed by atoms with Gasteiger partial charge in [0.2, 0.25) is 11.1 Å². The zero-order valence-electron chi connectivity index (χ0n) is 9.53. The minimum absolute atomic E-state index is 0.0643. The van der Waals surface area contributed by atoms with E-state index in [4.69, 9.17) is 34.8 Å². The molecule has 0 bridgehead atoms. The van der Waals surface area contributed by atoms with Crippen LogP contribution in [-0.2, 0) is 9.59 Å². The summed E-state index contributed by atoms with van der Waals surface area (Å²) in [6, 6.07) is 4.38. The Kier molecular flexibility index (Phi) is 4.13. The first-order chi connectivity index (χ1) is 8.90. The number of rotatable bonds is 3. The quantitative estimate of drug-likeness (QED) is 0.805. The standard InChI is InChI=1S/C12H8Cl3NO3/c13-8-3-6(11(14)18)1-2-9(8)16-5-7(12(15)19)4-10(16)17/h1-3,7H,4-5H2/t7-/m0/s1. The van der Waals surface area contributed by atoms with Crippen LogP contribution in [0.2, 0.25) is 5.02 Å². The summed E-state index contributed by atoms with van der Waals surface area (Å²) in [7, 11) is 0. The van der Waals surface area contributed by atoms with E-state index in [1.54, 1.807) is 0 Å². The minimum Gasteiger partial charge on any atom is -0.310 e. The molecule has 0 aliphatic carbocycles. The molecule has 1 aliphatic heterocycles. The van der Waals surface area contributed by atoms with Gasteiger partial charge in [-0.3, -0.25) is 14.4 Å². The molecule has 100 valence electrons. The zero-order valence-corrected chi connectivity index (χ0v) is 11.8. The van der Waals surface area contributed by atoms with Crippen LogP contribution in [0.1, 0.15) is 16.8 Å². The van der Waals surface area contributed by atoms with Gasteiger partial charge in [0.05, 0.1) is 16.6 Å². The molecule has 1 aliphatic rings. The summed E-state index contributed by atoms with van der Waals surface area (Å²) in [6.45, 7) is 0.190.